The number of nitrogens with two attached hydrogens (primary N) is 1. The summed E-state index contributed by atoms with van der Waals surface area (Å²) in [6.45, 7) is 0. The molecule has 7 nitrogen and oxygen atoms in total. The molecule has 0 bridgehead atoms. The van der Waals surface area contributed by atoms with Gasteiger partial charge in [-0.25, -0.2) is 18.5 Å². The molecule has 1 aliphatic heterocycles. The maximum Gasteiger partial charge on any atom is 0.258 e. The number of carbonyl (C=O) groups is 1. The van der Waals surface area contributed by atoms with Gasteiger partial charge in [-0.1, -0.05) is 0 Å². The summed E-state index contributed by atoms with van der Waals surface area (Å²) in [7, 11) is -2.20. The number of nitrogens with one attached hydrogen (secondary N) is 1. The number of rotatable bonds is 2. The van der Waals surface area contributed by atoms with Gasteiger partial charge in [-0.3, -0.25) is 4.79 Å². The first-order valence-electron chi connectivity index (χ1n) is 7.45. The number of H-pyrrole nitrogens is 1. The zero-order valence-corrected chi connectivity index (χ0v) is 14.0. The van der Waals surface area contributed by atoms with E-state index in [9.17, 15) is 13.2 Å². The molecule has 25 heavy (non-hydrogen) atoms. The molecule has 1 aromatic carbocycles. The number of fused-ring (bicyclic) bond motifs is 2. The lowest BCUT2D eigenvalue weighted by Gasteiger charge is -2.09. The van der Waals surface area contributed by atoms with Gasteiger partial charge in [-0.2, -0.15) is 0 Å². The molecule has 3 N–H and O–H groups in total. The molecule has 0 fully saturated rings. The molecule has 3 aromatic rings. The number of likely N-dealkylation sites (N-methyl/N-ethyl adjacent to an activating group) is 1. The number of hydrogen-bond donors (Lipinski definition) is 2. The fourth-order valence-electron chi connectivity index (χ4n) is 3.00. The van der Waals surface area contributed by atoms with Gasteiger partial charge in [0.05, 0.1) is 10.6 Å². The van der Waals surface area contributed by atoms with Crippen molar-refractivity contribution in [2.24, 2.45) is 5.14 Å². The van der Waals surface area contributed by atoms with Crippen LogP contribution in [-0.4, -0.2) is 31.3 Å². The average Bonchev–Trinajstić information content (AvgIpc) is 3.09. The van der Waals surface area contributed by atoms with E-state index >= 15 is 0 Å². The zero-order chi connectivity index (χ0) is 17.8. The van der Waals surface area contributed by atoms with E-state index in [2.05, 4.69) is 9.97 Å². The van der Waals surface area contributed by atoms with Crippen LogP contribution in [0, 0.1) is 0 Å². The molecule has 2 aromatic heterocycles. The summed E-state index contributed by atoms with van der Waals surface area (Å²) < 4.78 is 23.3. The second-order valence-corrected chi connectivity index (χ2v) is 7.35. The van der Waals surface area contributed by atoms with E-state index in [0.29, 0.717) is 22.5 Å². The number of carbonyl (C=O) groups excluding carboxylic acids is 1. The van der Waals surface area contributed by atoms with E-state index in [1.165, 1.54) is 17.0 Å². The predicted octanol–water partition coefficient (Wildman–Crippen LogP) is 1.73. The van der Waals surface area contributed by atoms with Crippen molar-refractivity contribution in [2.45, 2.75) is 4.90 Å². The Labute approximate surface area is 143 Å². The number of nitrogens with zero attached hydrogens (tertiary/aromatic N) is 2. The highest BCUT2D eigenvalue weighted by molar-refractivity contribution is 7.89. The van der Waals surface area contributed by atoms with Gasteiger partial charge in [0.2, 0.25) is 10.0 Å². The van der Waals surface area contributed by atoms with Crippen molar-refractivity contribution in [1.82, 2.24) is 9.97 Å². The third kappa shape index (κ3) is 2.43. The summed E-state index contributed by atoms with van der Waals surface area (Å²) in [6, 6.07) is 8.13. The van der Waals surface area contributed by atoms with Gasteiger partial charge < -0.3 is 9.88 Å². The van der Waals surface area contributed by atoms with Crippen molar-refractivity contribution in [3.63, 3.8) is 0 Å². The summed E-state index contributed by atoms with van der Waals surface area (Å²) in [5, 5.41) is 6.09. The first kappa shape index (κ1) is 15.6. The molecule has 0 saturated carbocycles. The topological polar surface area (TPSA) is 109 Å². The lowest BCUT2D eigenvalue weighted by molar-refractivity contribution is -0.112. The molecule has 126 valence electrons. The Hall–Kier alpha value is -2.97. The Balaban J connectivity index is 1.93. The SMILES string of the molecule is CN1C(=O)/C(=C/c2c[nH]c3ncccc23)c2cc(S(N)(=O)=O)ccc21. The minimum absolute atomic E-state index is 0.0270. The van der Waals surface area contributed by atoms with Gasteiger partial charge in [0.15, 0.2) is 0 Å². The number of aromatic nitrogens is 2. The molecule has 8 heteroatoms. The summed E-state index contributed by atoms with van der Waals surface area (Å²) >= 11 is 0. The van der Waals surface area contributed by atoms with Crippen molar-refractivity contribution >= 4 is 44.3 Å². The van der Waals surface area contributed by atoms with Crippen LogP contribution in [0.25, 0.3) is 22.7 Å². The molecule has 1 amide bonds. The number of aromatic amines is 1. The molecule has 0 radical (unpaired) electrons. The van der Waals surface area contributed by atoms with Crippen molar-refractivity contribution in [2.75, 3.05) is 11.9 Å². The van der Waals surface area contributed by atoms with Crippen LogP contribution in [0.3, 0.4) is 0 Å². The average molecular weight is 354 g/mol. The van der Waals surface area contributed by atoms with Crippen LogP contribution in [0.1, 0.15) is 11.1 Å². The number of sulfonamides is 1. The molecule has 4 rings (SSSR count). The molecule has 0 saturated heterocycles. The highest BCUT2D eigenvalue weighted by Crippen LogP contribution is 2.38. The summed E-state index contributed by atoms with van der Waals surface area (Å²) in [6.07, 6.45) is 5.18. The highest BCUT2D eigenvalue weighted by Gasteiger charge is 2.31. The maximum atomic E-state index is 12.6. The second kappa shape index (κ2) is 5.27. The van der Waals surface area contributed by atoms with Gasteiger partial charge in [-0.15, -0.1) is 0 Å². The Morgan fingerprint density at radius 2 is 2.08 bits per heavy atom. The minimum atomic E-state index is -3.85. The van der Waals surface area contributed by atoms with E-state index < -0.39 is 10.0 Å². The van der Waals surface area contributed by atoms with Crippen LogP contribution in [-0.2, 0) is 14.8 Å². The number of anilines is 1. The summed E-state index contributed by atoms with van der Waals surface area (Å²) in [5.74, 6) is -0.209. The zero-order valence-electron chi connectivity index (χ0n) is 13.2. The number of benzene rings is 1. The smallest absolute Gasteiger partial charge is 0.258 e. The van der Waals surface area contributed by atoms with Crippen molar-refractivity contribution < 1.29 is 13.2 Å². The van der Waals surface area contributed by atoms with Crippen LogP contribution < -0.4 is 10.0 Å². The molecular formula is C17H14N4O3S. The Bertz CT molecular complexity index is 1160. The lowest BCUT2D eigenvalue weighted by atomic mass is 10.0. The molecule has 0 spiro atoms. The van der Waals surface area contributed by atoms with Gasteiger partial charge >= 0.3 is 0 Å². The number of amides is 1. The molecule has 3 heterocycles. The minimum Gasteiger partial charge on any atom is -0.346 e. The largest absolute Gasteiger partial charge is 0.346 e. The fraction of sp³-hybridized carbons (Fsp3) is 0.0588. The van der Waals surface area contributed by atoms with Crippen LogP contribution in [0.5, 0.6) is 0 Å². The molecule has 0 atom stereocenters. The van der Waals surface area contributed by atoms with E-state index in [0.717, 1.165) is 10.9 Å². The Morgan fingerprint density at radius 3 is 2.84 bits per heavy atom. The first-order valence-corrected chi connectivity index (χ1v) is 9.00. The summed E-state index contributed by atoms with van der Waals surface area (Å²) in [4.78, 5) is 21.4. The van der Waals surface area contributed by atoms with E-state index in [-0.39, 0.29) is 10.8 Å². The van der Waals surface area contributed by atoms with E-state index in [1.807, 2.05) is 12.1 Å². The van der Waals surface area contributed by atoms with E-state index in [4.69, 9.17) is 5.14 Å². The quantitative estimate of drug-likeness (QED) is 0.683. The lowest BCUT2D eigenvalue weighted by Crippen LogP contribution is -2.20. The Kier molecular flexibility index (Phi) is 3.28. The molecule has 0 aliphatic carbocycles. The van der Waals surface area contributed by atoms with Gasteiger partial charge in [-0.05, 0) is 36.4 Å². The first-order chi connectivity index (χ1) is 11.9. The molecular weight excluding hydrogens is 340 g/mol. The van der Waals surface area contributed by atoms with Crippen molar-refractivity contribution in [1.29, 1.82) is 0 Å². The highest BCUT2D eigenvalue weighted by atomic mass is 32.2. The fourth-order valence-corrected chi connectivity index (χ4v) is 3.54. The predicted molar refractivity (Wildman–Crippen MR) is 95.2 cm³/mol. The third-order valence-corrected chi connectivity index (χ3v) is 5.18. The van der Waals surface area contributed by atoms with Crippen LogP contribution >= 0.6 is 0 Å². The van der Waals surface area contributed by atoms with Gasteiger partial charge in [0, 0.05) is 41.5 Å². The van der Waals surface area contributed by atoms with Crippen LogP contribution in [0.15, 0.2) is 47.6 Å². The normalized spacial score (nSPS) is 16.0. The molecule has 1 aliphatic rings. The van der Waals surface area contributed by atoms with Crippen LogP contribution in [0.2, 0.25) is 0 Å². The number of hydrogen-bond acceptors (Lipinski definition) is 4. The van der Waals surface area contributed by atoms with Gasteiger partial charge in [0.1, 0.15) is 5.65 Å². The van der Waals surface area contributed by atoms with Crippen molar-refractivity contribution in [3.05, 3.63) is 53.9 Å². The molecule has 0 unspecified atom stereocenters. The second-order valence-electron chi connectivity index (χ2n) is 5.79. The van der Waals surface area contributed by atoms with E-state index in [1.54, 1.807) is 31.6 Å². The third-order valence-electron chi connectivity index (χ3n) is 4.27. The van der Waals surface area contributed by atoms with Crippen LogP contribution in [0.4, 0.5) is 5.69 Å². The Morgan fingerprint density at radius 1 is 1.28 bits per heavy atom. The summed E-state index contributed by atoms with van der Waals surface area (Å²) in [5.41, 5.74) is 3.10. The van der Waals surface area contributed by atoms with Gasteiger partial charge in [0.25, 0.3) is 5.91 Å². The maximum absolute atomic E-state index is 12.6. The number of pyridine rings is 1. The van der Waals surface area contributed by atoms with Crippen molar-refractivity contribution in [3.8, 4) is 0 Å². The standard InChI is InChI=1S/C17H14N4O3S/c1-21-15-5-4-11(25(18,23)24)8-13(15)14(17(21)22)7-10-9-20-16-12(10)3-2-6-19-16/h2-9H,1H3,(H,19,20)(H2,18,23,24)/b14-7+. The number of primary sulfonamides is 1. The monoisotopic (exact) mass is 354 g/mol.